The van der Waals surface area contributed by atoms with Crippen LogP contribution in [0.2, 0.25) is 0 Å². The Balaban J connectivity index is 1.70. The third-order valence-electron chi connectivity index (χ3n) is 5.48. The third kappa shape index (κ3) is 3.21. The molecule has 5 nitrogen and oxygen atoms in total. The second kappa shape index (κ2) is 6.04. The van der Waals surface area contributed by atoms with Crippen molar-refractivity contribution in [3.8, 4) is 0 Å². The van der Waals surface area contributed by atoms with Crippen LogP contribution in [0.25, 0.3) is 0 Å². The molecular formula is C17H27BN2O3S. The first kappa shape index (κ1) is 17.8. The van der Waals surface area contributed by atoms with E-state index in [4.69, 9.17) is 9.31 Å². The van der Waals surface area contributed by atoms with Gasteiger partial charge in [0.05, 0.1) is 11.2 Å². The van der Waals surface area contributed by atoms with E-state index >= 15 is 0 Å². The fourth-order valence-electron chi connectivity index (χ4n) is 2.98. The predicted octanol–water partition coefficient (Wildman–Crippen LogP) is 1.90. The van der Waals surface area contributed by atoms with E-state index in [2.05, 4.69) is 61.2 Å². The number of anilines is 1. The summed E-state index contributed by atoms with van der Waals surface area (Å²) in [6.07, 6.45) is 0. The van der Waals surface area contributed by atoms with Gasteiger partial charge in [-0.3, -0.25) is 0 Å². The Hall–Kier alpha value is -1.05. The molecule has 0 unspecified atom stereocenters. The van der Waals surface area contributed by atoms with Gasteiger partial charge in [-0.25, -0.2) is 8.57 Å². The highest BCUT2D eigenvalue weighted by Crippen LogP contribution is 2.36. The molecule has 0 atom stereocenters. The fourth-order valence-corrected chi connectivity index (χ4v) is 4.56. The highest BCUT2D eigenvalue weighted by molar-refractivity contribution is 7.93. The standard InChI is InChI=1S/C17H27BN2O3S/c1-16(2)17(3,4)23-18(22-16)14-6-8-15(9-7-14)20-10-12-24(21,19-5)13-11-20/h6-9H,10-13H2,1-5H3. The minimum Gasteiger partial charge on any atom is -0.399 e. The highest BCUT2D eigenvalue weighted by atomic mass is 32.2. The maximum atomic E-state index is 12.3. The molecule has 2 saturated heterocycles. The van der Waals surface area contributed by atoms with Gasteiger partial charge in [-0.1, -0.05) is 12.1 Å². The van der Waals surface area contributed by atoms with Gasteiger partial charge in [0, 0.05) is 47.1 Å². The molecule has 1 aromatic carbocycles. The van der Waals surface area contributed by atoms with Gasteiger partial charge in [0.1, 0.15) is 0 Å². The average Bonchev–Trinajstić information content (AvgIpc) is 2.76. The van der Waals surface area contributed by atoms with Gasteiger partial charge in [0.2, 0.25) is 0 Å². The molecule has 0 bridgehead atoms. The summed E-state index contributed by atoms with van der Waals surface area (Å²) in [5, 5.41) is 0. The highest BCUT2D eigenvalue weighted by Gasteiger charge is 2.51. The topological polar surface area (TPSA) is 51.1 Å². The lowest BCUT2D eigenvalue weighted by molar-refractivity contribution is 0.00578. The van der Waals surface area contributed by atoms with E-state index in [1.54, 1.807) is 7.05 Å². The van der Waals surface area contributed by atoms with Gasteiger partial charge in [0.15, 0.2) is 0 Å². The molecule has 2 heterocycles. The Kier molecular flexibility index (Phi) is 4.47. The lowest BCUT2D eigenvalue weighted by Gasteiger charge is -2.32. The van der Waals surface area contributed by atoms with Crippen LogP contribution in [0, 0.1) is 0 Å². The first-order valence-corrected chi connectivity index (χ1v) is 10.3. The van der Waals surface area contributed by atoms with Crippen LogP contribution >= 0.6 is 0 Å². The van der Waals surface area contributed by atoms with Crippen molar-refractivity contribution in [2.75, 3.05) is 36.5 Å². The average molecular weight is 350 g/mol. The van der Waals surface area contributed by atoms with Gasteiger partial charge in [-0.05, 0) is 45.3 Å². The maximum absolute atomic E-state index is 12.3. The van der Waals surface area contributed by atoms with Gasteiger partial charge in [-0.15, -0.1) is 0 Å². The number of rotatable bonds is 2. The summed E-state index contributed by atoms with van der Waals surface area (Å²) >= 11 is 0. The molecule has 2 fully saturated rings. The summed E-state index contributed by atoms with van der Waals surface area (Å²) in [4.78, 5) is 2.27. The van der Waals surface area contributed by atoms with Gasteiger partial charge in [0.25, 0.3) is 0 Å². The zero-order valence-electron chi connectivity index (χ0n) is 15.2. The molecule has 0 radical (unpaired) electrons. The summed E-state index contributed by atoms with van der Waals surface area (Å²) in [5.41, 5.74) is 1.52. The van der Waals surface area contributed by atoms with Crippen molar-refractivity contribution in [2.45, 2.75) is 38.9 Å². The predicted molar refractivity (Wildman–Crippen MR) is 101 cm³/mol. The summed E-state index contributed by atoms with van der Waals surface area (Å²) in [7, 11) is -0.639. The molecule has 0 spiro atoms. The second-order valence-electron chi connectivity index (χ2n) is 7.53. The maximum Gasteiger partial charge on any atom is 0.494 e. The van der Waals surface area contributed by atoms with E-state index in [9.17, 15) is 4.21 Å². The summed E-state index contributed by atoms with van der Waals surface area (Å²) in [5.74, 6) is 1.28. The molecule has 7 heteroatoms. The SMILES string of the molecule is CN=S1(=O)CCN(c2ccc(B3OC(C)(C)C(C)(C)O3)cc2)CC1. The van der Waals surface area contributed by atoms with Crippen LogP contribution in [0.1, 0.15) is 27.7 Å². The van der Waals surface area contributed by atoms with Gasteiger partial charge >= 0.3 is 7.12 Å². The summed E-state index contributed by atoms with van der Waals surface area (Å²) < 4.78 is 28.5. The van der Waals surface area contributed by atoms with E-state index in [1.165, 1.54) is 0 Å². The minimum absolute atomic E-state index is 0.326. The Bertz CT molecular complexity index is 694. The monoisotopic (exact) mass is 350 g/mol. The molecule has 24 heavy (non-hydrogen) atoms. The second-order valence-corrected chi connectivity index (χ2v) is 10.3. The van der Waals surface area contributed by atoms with Gasteiger partial charge < -0.3 is 14.2 Å². The molecule has 0 N–H and O–H groups in total. The Labute approximate surface area is 146 Å². The number of hydrogen-bond acceptors (Lipinski definition) is 5. The molecule has 132 valence electrons. The van der Waals surface area contributed by atoms with Crippen molar-refractivity contribution < 1.29 is 13.5 Å². The van der Waals surface area contributed by atoms with E-state index in [-0.39, 0.29) is 18.3 Å². The fraction of sp³-hybridized carbons (Fsp3) is 0.647. The van der Waals surface area contributed by atoms with Crippen molar-refractivity contribution >= 4 is 28.0 Å². The van der Waals surface area contributed by atoms with Crippen molar-refractivity contribution in [1.82, 2.24) is 0 Å². The van der Waals surface area contributed by atoms with Crippen LogP contribution in [0.3, 0.4) is 0 Å². The molecule has 1 aromatic rings. The Morgan fingerprint density at radius 2 is 1.54 bits per heavy atom. The first-order valence-electron chi connectivity index (χ1n) is 8.47. The Morgan fingerprint density at radius 3 is 2.00 bits per heavy atom. The minimum atomic E-state index is -1.97. The molecule has 2 aliphatic rings. The van der Waals surface area contributed by atoms with Crippen molar-refractivity contribution in [3.05, 3.63) is 24.3 Å². The van der Waals surface area contributed by atoms with Crippen LogP contribution in [0.15, 0.2) is 28.6 Å². The quantitative estimate of drug-likeness (QED) is 0.765. The summed E-state index contributed by atoms with van der Waals surface area (Å²) in [6.45, 7) is 9.81. The van der Waals surface area contributed by atoms with Gasteiger partial charge in [-0.2, -0.15) is 0 Å². The van der Waals surface area contributed by atoms with Crippen LogP contribution < -0.4 is 10.4 Å². The molecule has 2 aliphatic heterocycles. The van der Waals surface area contributed by atoms with E-state index in [0.717, 1.165) is 24.2 Å². The first-order chi connectivity index (χ1) is 11.2. The van der Waals surface area contributed by atoms with Crippen LogP contribution in [-0.2, 0) is 19.0 Å². The van der Waals surface area contributed by atoms with Crippen molar-refractivity contribution in [1.29, 1.82) is 0 Å². The lowest BCUT2D eigenvalue weighted by Crippen LogP contribution is -2.41. The lowest BCUT2D eigenvalue weighted by atomic mass is 9.79. The third-order valence-corrected chi connectivity index (χ3v) is 7.78. The zero-order chi connectivity index (χ0) is 17.6. The number of hydrogen-bond donors (Lipinski definition) is 0. The van der Waals surface area contributed by atoms with E-state index in [1.807, 2.05) is 0 Å². The molecular weight excluding hydrogens is 323 g/mol. The summed E-state index contributed by atoms with van der Waals surface area (Å²) in [6, 6.07) is 8.31. The molecule has 0 saturated carbocycles. The molecule has 0 aromatic heterocycles. The van der Waals surface area contributed by atoms with Crippen molar-refractivity contribution in [2.24, 2.45) is 4.36 Å². The van der Waals surface area contributed by atoms with Crippen molar-refractivity contribution in [3.63, 3.8) is 0 Å². The van der Waals surface area contributed by atoms with Crippen LogP contribution in [0.5, 0.6) is 0 Å². The molecule has 3 rings (SSSR count). The van der Waals surface area contributed by atoms with Crippen LogP contribution in [0.4, 0.5) is 5.69 Å². The number of benzene rings is 1. The van der Waals surface area contributed by atoms with E-state index in [0.29, 0.717) is 11.5 Å². The molecule has 0 amide bonds. The van der Waals surface area contributed by atoms with E-state index < -0.39 is 9.73 Å². The smallest absolute Gasteiger partial charge is 0.399 e. The normalized spacial score (nSPS) is 24.9. The number of nitrogens with zero attached hydrogens (tertiary/aromatic N) is 2. The largest absolute Gasteiger partial charge is 0.494 e. The Morgan fingerprint density at radius 1 is 1.04 bits per heavy atom. The molecule has 0 aliphatic carbocycles. The van der Waals surface area contributed by atoms with Crippen LogP contribution in [-0.4, -0.2) is 54.2 Å². The zero-order valence-corrected chi connectivity index (χ0v) is 16.1.